The minimum Gasteiger partial charge on any atom is -0.453 e. The van der Waals surface area contributed by atoms with Crippen molar-refractivity contribution in [1.29, 1.82) is 0 Å². The second kappa shape index (κ2) is 5.79. The second-order valence-corrected chi connectivity index (χ2v) is 5.50. The molecule has 0 saturated carbocycles. The van der Waals surface area contributed by atoms with Crippen LogP contribution in [0.1, 0.15) is 29.5 Å². The van der Waals surface area contributed by atoms with Crippen LogP contribution in [0.4, 0.5) is 4.79 Å². The maximum atomic E-state index is 11.4. The Balaban J connectivity index is 1.85. The van der Waals surface area contributed by atoms with Crippen LogP contribution in [0.3, 0.4) is 0 Å². The van der Waals surface area contributed by atoms with E-state index in [-0.39, 0.29) is 11.9 Å². The SMILES string of the molecule is [B]C([B])([B])c1nc(-c2ccc3c(c2)CC[C@H]3NC(=O)OC)no1. The Morgan fingerprint density at radius 3 is 2.87 bits per heavy atom. The van der Waals surface area contributed by atoms with E-state index in [0.717, 1.165) is 29.5 Å². The second-order valence-electron chi connectivity index (χ2n) is 5.50. The molecule has 1 aromatic carbocycles. The zero-order valence-corrected chi connectivity index (χ0v) is 12.6. The van der Waals surface area contributed by atoms with Gasteiger partial charge in [0.1, 0.15) is 0 Å². The lowest BCUT2D eigenvalue weighted by atomic mass is 9.42. The number of ether oxygens (including phenoxy) is 1. The summed E-state index contributed by atoms with van der Waals surface area (Å²) in [7, 11) is 17.9. The molecule has 1 atom stereocenters. The molecule has 6 nitrogen and oxygen atoms in total. The van der Waals surface area contributed by atoms with Crippen molar-refractivity contribution in [3.05, 3.63) is 35.2 Å². The average molecular weight is 303 g/mol. The molecule has 3 rings (SSSR count). The molecule has 0 spiro atoms. The van der Waals surface area contributed by atoms with E-state index in [2.05, 4.69) is 20.2 Å². The molecule has 1 N–H and O–H groups in total. The average Bonchev–Trinajstić information content (AvgIpc) is 3.13. The lowest BCUT2D eigenvalue weighted by Gasteiger charge is -2.13. The van der Waals surface area contributed by atoms with Crippen LogP contribution < -0.4 is 5.32 Å². The fraction of sp³-hybridized carbons (Fsp3) is 0.357. The molecule has 0 aliphatic heterocycles. The van der Waals surface area contributed by atoms with Crippen molar-refractivity contribution in [2.24, 2.45) is 0 Å². The van der Waals surface area contributed by atoms with Crippen molar-refractivity contribution in [3.8, 4) is 11.4 Å². The summed E-state index contributed by atoms with van der Waals surface area (Å²) in [5, 5.41) is 4.98. The lowest BCUT2D eigenvalue weighted by molar-refractivity contribution is 0.166. The van der Waals surface area contributed by atoms with Gasteiger partial charge < -0.3 is 14.6 Å². The first-order valence-electron chi connectivity index (χ1n) is 7.07. The van der Waals surface area contributed by atoms with E-state index in [4.69, 9.17) is 28.1 Å². The molecule has 9 heteroatoms. The Morgan fingerprint density at radius 1 is 1.43 bits per heavy atom. The topological polar surface area (TPSA) is 77.2 Å². The number of amides is 1. The highest BCUT2D eigenvalue weighted by atomic mass is 16.5. The molecule has 0 fully saturated rings. The van der Waals surface area contributed by atoms with E-state index < -0.39 is 11.2 Å². The van der Waals surface area contributed by atoms with Crippen molar-refractivity contribution in [1.82, 2.24) is 15.5 Å². The zero-order valence-electron chi connectivity index (χ0n) is 12.6. The number of methoxy groups -OCH3 is 1. The third-order valence-electron chi connectivity index (χ3n) is 3.75. The van der Waals surface area contributed by atoms with Crippen molar-refractivity contribution >= 4 is 29.6 Å². The molecular weight excluding hydrogens is 291 g/mol. The van der Waals surface area contributed by atoms with E-state index in [0.29, 0.717) is 5.82 Å². The smallest absolute Gasteiger partial charge is 0.407 e. The predicted molar refractivity (Wildman–Crippen MR) is 85.3 cm³/mol. The number of hydrogen-bond acceptors (Lipinski definition) is 5. The van der Waals surface area contributed by atoms with E-state index in [1.54, 1.807) is 0 Å². The van der Waals surface area contributed by atoms with Crippen LogP contribution in [0.5, 0.6) is 0 Å². The first kappa shape index (κ1) is 15.7. The van der Waals surface area contributed by atoms with Crippen LogP contribution in [0.15, 0.2) is 22.7 Å². The Morgan fingerprint density at radius 2 is 2.22 bits per heavy atom. The molecule has 6 radical (unpaired) electrons. The Bertz CT molecular complexity index is 742. The van der Waals surface area contributed by atoms with Gasteiger partial charge in [0.25, 0.3) is 0 Å². The molecule has 1 aliphatic rings. The molecule has 2 aromatic rings. The maximum absolute atomic E-state index is 11.4. The van der Waals surface area contributed by atoms with Gasteiger partial charge in [-0.05, 0) is 30.0 Å². The third kappa shape index (κ3) is 3.13. The summed E-state index contributed by atoms with van der Waals surface area (Å²) < 4.78 is 9.62. The number of carbonyl (C=O) groups excluding carboxylic acids is 1. The predicted octanol–water partition coefficient (Wildman–Crippen LogP) is 0.696. The quantitative estimate of drug-likeness (QED) is 0.844. The molecule has 1 aliphatic carbocycles. The highest BCUT2D eigenvalue weighted by Crippen LogP contribution is 2.33. The summed E-state index contributed by atoms with van der Waals surface area (Å²) in [4.78, 5) is 15.5. The molecular formula is C14H12B3N3O3. The summed E-state index contributed by atoms with van der Waals surface area (Å²) in [6.45, 7) is 0. The van der Waals surface area contributed by atoms with Gasteiger partial charge in [0.05, 0.1) is 36.7 Å². The van der Waals surface area contributed by atoms with Gasteiger partial charge in [0.15, 0.2) is 0 Å². The van der Waals surface area contributed by atoms with Crippen molar-refractivity contribution in [2.45, 2.75) is 24.0 Å². The Labute approximate surface area is 137 Å². The largest absolute Gasteiger partial charge is 0.453 e. The molecule has 0 unspecified atom stereocenters. The van der Waals surface area contributed by atoms with Crippen molar-refractivity contribution in [3.63, 3.8) is 0 Å². The molecule has 0 saturated heterocycles. The van der Waals surface area contributed by atoms with Crippen LogP contribution in [0, 0.1) is 0 Å². The number of aromatic nitrogens is 2. The van der Waals surface area contributed by atoms with Gasteiger partial charge in [-0.1, -0.05) is 22.4 Å². The lowest BCUT2D eigenvalue weighted by Crippen LogP contribution is -2.27. The van der Waals surface area contributed by atoms with E-state index in [9.17, 15) is 4.79 Å². The van der Waals surface area contributed by atoms with Gasteiger partial charge in [-0.25, -0.2) is 4.79 Å². The summed E-state index contributed by atoms with van der Waals surface area (Å²) in [5.74, 6) is 0.316. The summed E-state index contributed by atoms with van der Waals surface area (Å²) in [6.07, 6.45) is 1.19. The molecule has 1 heterocycles. The van der Waals surface area contributed by atoms with Gasteiger partial charge in [-0.2, -0.15) is 4.98 Å². The Hall–Kier alpha value is -2.18. The third-order valence-corrected chi connectivity index (χ3v) is 3.75. The summed E-state index contributed by atoms with van der Waals surface area (Å²) >= 11 is 0. The first-order chi connectivity index (χ1) is 10.9. The van der Waals surface area contributed by atoms with Crippen LogP contribution in [0.25, 0.3) is 11.4 Å². The van der Waals surface area contributed by atoms with Crippen LogP contribution >= 0.6 is 0 Å². The molecule has 1 aromatic heterocycles. The van der Waals surface area contributed by atoms with Crippen LogP contribution in [-0.4, -0.2) is 46.9 Å². The van der Waals surface area contributed by atoms with Gasteiger partial charge in [-0.15, -0.1) is 0 Å². The Kier molecular flexibility index (Phi) is 3.96. The number of fused-ring (bicyclic) bond motifs is 1. The number of aryl methyl sites for hydroxylation is 1. The number of nitrogens with zero attached hydrogens (tertiary/aromatic N) is 2. The normalized spacial score (nSPS) is 16.8. The fourth-order valence-corrected chi connectivity index (χ4v) is 2.62. The monoisotopic (exact) mass is 303 g/mol. The van der Waals surface area contributed by atoms with Crippen LogP contribution in [-0.2, 0) is 16.3 Å². The van der Waals surface area contributed by atoms with Gasteiger partial charge >= 0.3 is 6.09 Å². The van der Waals surface area contributed by atoms with E-state index >= 15 is 0 Å². The number of nitrogens with one attached hydrogen (secondary N) is 1. The number of benzene rings is 1. The number of alkyl carbamates (subject to hydrolysis) is 1. The first-order valence-corrected chi connectivity index (χ1v) is 7.07. The molecule has 110 valence electrons. The van der Waals surface area contributed by atoms with Crippen molar-refractivity contribution in [2.75, 3.05) is 7.11 Å². The van der Waals surface area contributed by atoms with E-state index in [1.807, 2.05) is 18.2 Å². The van der Waals surface area contributed by atoms with Gasteiger partial charge in [0.2, 0.25) is 11.7 Å². The molecule has 0 bridgehead atoms. The van der Waals surface area contributed by atoms with Crippen molar-refractivity contribution < 1.29 is 14.1 Å². The van der Waals surface area contributed by atoms with E-state index in [1.165, 1.54) is 7.11 Å². The molecule has 23 heavy (non-hydrogen) atoms. The highest BCUT2D eigenvalue weighted by Gasteiger charge is 2.26. The summed E-state index contributed by atoms with van der Waals surface area (Å²) in [5.41, 5.74) is 2.92. The van der Waals surface area contributed by atoms with Gasteiger partial charge in [0, 0.05) is 5.56 Å². The van der Waals surface area contributed by atoms with Crippen LogP contribution in [0.2, 0.25) is 0 Å². The van der Waals surface area contributed by atoms with Gasteiger partial charge in [-0.3, -0.25) is 0 Å². The number of hydrogen-bond donors (Lipinski definition) is 1. The number of carbonyl (C=O) groups is 1. The minimum absolute atomic E-state index is 0.0433. The fourth-order valence-electron chi connectivity index (χ4n) is 2.62. The maximum Gasteiger partial charge on any atom is 0.407 e. The standard InChI is InChI=1S/C14H12B3N3O3/c1-22-13(21)18-10-5-3-7-6-8(2-4-9(7)10)11-19-12(23-20-11)14(15,16)17/h2,4,6,10H,3,5H2,1H3,(H,18,21)/t10-/m1/s1. The zero-order chi connectivity index (χ0) is 16.6. The summed E-state index contributed by atoms with van der Waals surface area (Å²) in [6, 6.07) is 5.66. The molecule has 1 amide bonds. The number of rotatable bonds is 3. The minimum atomic E-state index is -1.67. The highest BCUT2D eigenvalue weighted by molar-refractivity contribution is 6.58.